The minimum atomic E-state index is -4.44. The molecule has 1 amide bonds. The number of pyridine rings is 1. The van der Waals surface area contributed by atoms with E-state index in [1.165, 1.54) is 12.1 Å². The average molecular weight is 418 g/mol. The number of nitrogens with one attached hydrogen (secondary N) is 2. The first-order valence-electron chi connectivity index (χ1n) is 8.30. The van der Waals surface area contributed by atoms with Gasteiger partial charge in [0.25, 0.3) is 5.91 Å². The molecule has 1 aliphatic rings. The van der Waals surface area contributed by atoms with E-state index in [0.717, 1.165) is 24.8 Å². The van der Waals surface area contributed by atoms with E-state index in [4.69, 9.17) is 4.74 Å². The topological polar surface area (TPSA) is 72.5 Å². The average Bonchev–Trinajstić information content (AvgIpc) is 2.67. The van der Waals surface area contributed by atoms with Gasteiger partial charge in [0.15, 0.2) is 6.61 Å². The molecule has 152 valence electrons. The Kier molecular flexibility index (Phi) is 7.61. The number of amides is 1. The molecule has 0 saturated carbocycles. The van der Waals surface area contributed by atoms with E-state index >= 15 is 0 Å². The Morgan fingerprint density at radius 3 is 2.57 bits per heavy atom. The van der Waals surface area contributed by atoms with Gasteiger partial charge in [0, 0.05) is 31.0 Å². The van der Waals surface area contributed by atoms with Crippen molar-refractivity contribution in [3.63, 3.8) is 0 Å². The Morgan fingerprint density at radius 2 is 2.00 bits per heavy atom. The highest BCUT2D eigenvalue weighted by Gasteiger charge is 2.28. The number of rotatable bonds is 5. The molecule has 1 aromatic heterocycles. The van der Waals surface area contributed by atoms with E-state index in [1.54, 1.807) is 12.1 Å². The van der Waals surface area contributed by atoms with Crippen molar-refractivity contribution < 1.29 is 27.4 Å². The predicted molar refractivity (Wildman–Crippen MR) is 99.0 cm³/mol. The lowest BCUT2D eigenvalue weighted by Crippen LogP contribution is -2.33. The maximum absolute atomic E-state index is 12.2. The summed E-state index contributed by atoms with van der Waals surface area (Å²) in [6.07, 6.45) is -3.29. The van der Waals surface area contributed by atoms with Gasteiger partial charge < -0.3 is 20.1 Å². The van der Waals surface area contributed by atoms with Crippen LogP contribution in [-0.4, -0.2) is 43.4 Å². The van der Waals surface area contributed by atoms with Gasteiger partial charge in [-0.25, -0.2) is 4.98 Å². The van der Waals surface area contributed by atoms with Crippen LogP contribution in [0.2, 0.25) is 0 Å². The number of hydrogen-bond donors (Lipinski definition) is 2. The Hall–Kier alpha value is -2.36. The monoisotopic (exact) mass is 417 g/mol. The van der Waals surface area contributed by atoms with Crippen LogP contribution in [0.4, 0.5) is 18.9 Å². The predicted octanol–water partition coefficient (Wildman–Crippen LogP) is 3.36. The molecular weight excluding hydrogens is 399 g/mol. The van der Waals surface area contributed by atoms with E-state index in [9.17, 15) is 18.0 Å². The molecule has 2 aromatic rings. The molecule has 0 aliphatic carbocycles. The zero-order chi connectivity index (χ0) is 19.3. The molecule has 0 spiro atoms. The summed E-state index contributed by atoms with van der Waals surface area (Å²) in [6, 6.07) is 9.85. The Morgan fingerprint density at radius 1 is 1.25 bits per heavy atom. The van der Waals surface area contributed by atoms with Gasteiger partial charge in [-0.15, -0.1) is 12.4 Å². The van der Waals surface area contributed by atoms with Gasteiger partial charge in [-0.2, -0.15) is 13.2 Å². The highest BCUT2D eigenvalue weighted by atomic mass is 35.5. The third-order valence-electron chi connectivity index (χ3n) is 3.85. The lowest BCUT2D eigenvalue weighted by atomic mass is 10.1. The molecular formula is C18H19ClF3N3O3. The van der Waals surface area contributed by atoms with Crippen LogP contribution in [0.25, 0.3) is 0 Å². The van der Waals surface area contributed by atoms with E-state index in [1.807, 2.05) is 12.1 Å². The smallest absolute Gasteiger partial charge is 0.422 e. The first-order valence-corrected chi connectivity index (χ1v) is 8.30. The minimum Gasteiger partial charge on any atom is -0.468 e. The highest BCUT2D eigenvalue weighted by Crippen LogP contribution is 2.21. The molecule has 6 nitrogen and oxygen atoms in total. The van der Waals surface area contributed by atoms with Gasteiger partial charge in [0.1, 0.15) is 0 Å². The molecule has 1 aromatic carbocycles. The number of morpholine rings is 1. The van der Waals surface area contributed by atoms with Crippen molar-refractivity contribution in [2.75, 3.05) is 31.6 Å². The molecule has 1 atom stereocenters. The van der Waals surface area contributed by atoms with Crippen LogP contribution >= 0.6 is 12.4 Å². The van der Waals surface area contributed by atoms with Crippen molar-refractivity contribution in [1.82, 2.24) is 10.3 Å². The number of nitrogens with zero attached hydrogens (tertiary/aromatic N) is 1. The van der Waals surface area contributed by atoms with Crippen LogP contribution in [0, 0.1) is 0 Å². The molecule has 0 radical (unpaired) electrons. The van der Waals surface area contributed by atoms with E-state index < -0.39 is 18.7 Å². The van der Waals surface area contributed by atoms with Crippen molar-refractivity contribution >= 4 is 24.0 Å². The second-order valence-electron chi connectivity index (χ2n) is 5.93. The second kappa shape index (κ2) is 9.72. The maximum atomic E-state index is 12.2. The third-order valence-corrected chi connectivity index (χ3v) is 3.85. The number of hydrogen-bond acceptors (Lipinski definition) is 5. The lowest BCUT2D eigenvalue weighted by molar-refractivity contribution is -0.154. The summed E-state index contributed by atoms with van der Waals surface area (Å²) in [4.78, 5) is 15.9. The van der Waals surface area contributed by atoms with Gasteiger partial charge in [0.05, 0.1) is 18.3 Å². The van der Waals surface area contributed by atoms with Crippen molar-refractivity contribution in [2.45, 2.75) is 12.3 Å². The van der Waals surface area contributed by atoms with Crippen molar-refractivity contribution in [3.05, 3.63) is 53.7 Å². The summed E-state index contributed by atoms with van der Waals surface area (Å²) in [5.74, 6) is -0.623. The summed E-state index contributed by atoms with van der Waals surface area (Å²) in [7, 11) is 0. The Labute approximate surface area is 165 Å². The van der Waals surface area contributed by atoms with Crippen LogP contribution in [0.5, 0.6) is 5.88 Å². The molecule has 1 saturated heterocycles. The summed E-state index contributed by atoms with van der Waals surface area (Å²) in [5, 5.41) is 5.96. The fourth-order valence-corrected chi connectivity index (χ4v) is 2.52. The standard InChI is InChI=1S/C18H18F3N3O3.ClH/c19-18(20,21)11-27-16-6-3-13(9-23-16)17(25)24-14-4-1-12(2-5-14)15-10-22-7-8-26-15;/h1-6,9,15,22H,7-8,10-11H2,(H,24,25);1H/t15-;/m0./s1. The number of aromatic nitrogens is 1. The largest absolute Gasteiger partial charge is 0.468 e. The molecule has 0 unspecified atom stereocenters. The van der Waals surface area contributed by atoms with Gasteiger partial charge in [-0.3, -0.25) is 4.79 Å². The fraction of sp³-hybridized carbons (Fsp3) is 0.333. The highest BCUT2D eigenvalue weighted by molar-refractivity contribution is 6.04. The third kappa shape index (κ3) is 6.36. The number of anilines is 1. The summed E-state index contributed by atoms with van der Waals surface area (Å²) in [5.41, 5.74) is 1.80. The van der Waals surface area contributed by atoms with Gasteiger partial charge in [0.2, 0.25) is 5.88 Å². The zero-order valence-electron chi connectivity index (χ0n) is 14.7. The van der Waals surface area contributed by atoms with Crippen LogP contribution in [0.15, 0.2) is 42.6 Å². The van der Waals surface area contributed by atoms with Crippen LogP contribution in [0.1, 0.15) is 22.0 Å². The molecule has 28 heavy (non-hydrogen) atoms. The number of halogens is 4. The van der Waals surface area contributed by atoms with Crippen LogP contribution < -0.4 is 15.4 Å². The Balaban J connectivity index is 0.00000280. The number of carbonyl (C=O) groups is 1. The van der Waals surface area contributed by atoms with Crippen molar-refractivity contribution in [2.24, 2.45) is 0 Å². The molecule has 3 rings (SSSR count). The molecule has 0 bridgehead atoms. The number of benzene rings is 1. The quantitative estimate of drug-likeness (QED) is 0.780. The van der Waals surface area contributed by atoms with Crippen LogP contribution in [-0.2, 0) is 4.74 Å². The maximum Gasteiger partial charge on any atom is 0.422 e. The van der Waals surface area contributed by atoms with E-state index in [-0.39, 0.29) is 30.0 Å². The second-order valence-corrected chi connectivity index (χ2v) is 5.93. The molecule has 2 heterocycles. The SMILES string of the molecule is Cl.O=C(Nc1ccc([C@@H]2CNCCO2)cc1)c1ccc(OCC(F)(F)F)nc1. The summed E-state index contributed by atoms with van der Waals surface area (Å²) < 4.78 is 46.5. The molecule has 1 fully saturated rings. The van der Waals surface area contributed by atoms with E-state index in [0.29, 0.717) is 12.3 Å². The normalized spacial score (nSPS) is 16.8. The molecule has 1 aliphatic heterocycles. The summed E-state index contributed by atoms with van der Waals surface area (Å²) >= 11 is 0. The molecule has 10 heteroatoms. The van der Waals surface area contributed by atoms with Gasteiger partial charge >= 0.3 is 6.18 Å². The Bertz CT molecular complexity index is 764. The van der Waals surface area contributed by atoms with Crippen molar-refractivity contribution in [1.29, 1.82) is 0 Å². The first-order chi connectivity index (χ1) is 12.9. The number of alkyl halides is 3. The van der Waals surface area contributed by atoms with Crippen molar-refractivity contribution in [3.8, 4) is 5.88 Å². The lowest BCUT2D eigenvalue weighted by Gasteiger charge is -2.24. The molecule has 2 N–H and O–H groups in total. The minimum absolute atomic E-state index is 0. The van der Waals surface area contributed by atoms with Gasteiger partial charge in [-0.05, 0) is 23.8 Å². The summed E-state index contributed by atoms with van der Waals surface area (Å²) in [6.45, 7) is 0.787. The fourth-order valence-electron chi connectivity index (χ4n) is 2.52. The zero-order valence-corrected chi connectivity index (χ0v) is 15.5. The van der Waals surface area contributed by atoms with Gasteiger partial charge in [-0.1, -0.05) is 12.1 Å². The van der Waals surface area contributed by atoms with E-state index in [2.05, 4.69) is 20.4 Å². The van der Waals surface area contributed by atoms with Crippen LogP contribution in [0.3, 0.4) is 0 Å². The first kappa shape index (κ1) is 21.9. The number of carbonyl (C=O) groups excluding carboxylic acids is 1. The number of ether oxygens (including phenoxy) is 2.